The van der Waals surface area contributed by atoms with Crippen molar-refractivity contribution in [1.29, 1.82) is 0 Å². The molecule has 0 saturated carbocycles. The lowest BCUT2D eigenvalue weighted by Gasteiger charge is -2.17. The number of hydrogen-bond donors (Lipinski definition) is 1. The van der Waals surface area contributed by atoms with E-state index in [1.807, 2.05) is 26.8 Å². The van der Waals surface area contributed by atoms with Crippen LogP contribution in [0.25, 0.3) is 10.2 Å². The van der Waals surface area contributed by atoms with Gasteiger partial charge in [0.2, 0.25) is 0 Å². The van der Waals surface area contributed by atoms with Crippen molar-refractivity contribution in [1.82, 2.24) is 9.55 Å². The molecule has 1 N–H and O–H groups in total. The maximum Gasteiger partial charge on any atom is 0.329 e. The van der Waals surface area contributed by atoms with Crippen molar-refractivity contribution in [3.63, 3.8) is 0 Å². The van der Waals surface area contributed by atoms with E-state index in [9.17, 15) is 9.59 Å². The lowest BCUT2D eigenvalue weighted by atomic mass is 10.2. The standard InChI is InChI=1S/C15H20N2O3S2/c1-4-7-20-14(19)11(6-3)17-13(18)10-8-9(5-2)22-12(10)16-15(17)21/h8,11H,4-7H2,1-3H3,(H,16,21). The molecule has 0 saturated heterocycles. The molecule has 0 aliphatic heterocycles. The molecule has 22 heavy (non-hydrogen) atoms. The fourth-order valence-electron chi connectivity index (χ4n) is 2.28. The third-order valence-corrected chi connectivity index (χ3v) is 4.93. The minimum atomic E-state index is -0.683. The van der Waals surface area contributed by atoms with Gasteiger partial charge in [-0.15, -0.1) is 11.3 Å². The van der Waals surface area contributed by atoms with Crippen LogP contribution in [0.2, 0.25) is 0 Å². The van der Waals surface area contributed by atoms with Gasteiger partial charge in [0.05, 0.1) is 12.0 Å². The summed E-state index contributed by atoms with van der Waals surface area (Å²) in [5.74, 6) is -0.406. The predicted molar refractivity (Wildman–Crippen MR) is 91.2 cm³/mol. The van der Waals surface area contributed by atoms with Crippen LogP contribution < -0.4 is 5.56 Å². The molecule has 2 aromatic heterocycles. The number of esters is 1. The number of ether oxygens (including phenoxy) is 1. The third-order valence-electron chi connectivity index (χ3n) is 3.44. The summed E-state index contributed by atoms with van der Waals surface area (Å²) < 4.78 is 6.81. The van der Waals surface area contributed by atoms with Crippen molar-refractivity contribution in [2.45, 2.75) is 46.1 Å². The van der Waals surface area contributed by atoms with Gasteiger partial charge in [0.15, 0.2) is 4.77 Å². The number of rotatable bonds is 6. The molecule has 1 unspecified atom stereocenters. The topological polar surface area (TPSA) is 64.1 Å². The number of nitrogens with zero attached hydrogens (tertiary/aromatic N) is 1. The Morgan fingerprint density at radius 3 is 2.77 bits per heavy atom. The molecule has 0 fully saturated rings. The largest absolute Gasteiger partial charge is 0.464 e. The highest BCUT2D eigenvalue weighted by Gasteiger charge is 2.23. The summed E-state index contributed by atoms with van der Waals surface area (Å²) in [4.78, 5) is 29.9. The Morgan fingerprint density at radius 2 is 2.18 bits per heavy atom. The number of nitrogens with one attached hydrogen (secondary N) is 1. The fraction of sp³-hybridized carbons (Fsp3) is 0.533. The average Bonchev–Trinajstić information content (AvgIpc) is 2.92. The zero-order valence-corrected chi connectivity index (χ0v) is 14.6. The molecule has 0 aromatic carbocycles. The molecular weight excluding hydrogens is 320 g/mol. The molecule has 0 radical (unpaired) electrons. The lowest BCUT2D eigenvalue weighted by molar-refractivity contribution is -0.148. The summed E-state index contributed by atoms with van der Waals surface area (Å²) in [5.41, 5.74) is -0.227. The zero-order valence-electron chi connectivity index (χ0n) is 13.0. The summed E-state index contributed by atoms with van der Waals surface area (Å²) >= 11 is 6.82. The van der Waals surface area contributed by atoms with Crippen molar-refractivity contribution in [2.75, 3.05) is 6.61 Å². The van der Waals surface area contributed by atoms with Crippen molar-refractivity contribution in [3.05, 3.63) is 26.1 Å². The van der Waals surface area contributed by atoms with E-state index >= 15 is 0 Å². The molecule has 1 atom stereocenters. The summed E-state index contributed by atoms with van der Waals surface area (Å²) in [5, 5.41) is 0.581. The summed E-state index contributed by atoms with van der Waals surface area (Å²) in [6, 6.07) is 1.19. The van der Waals surface area contributed by atoms with Gasteiger partial charge in [-0.05, 0) is 37.5 Å². The van der Waals surface area contributed by atoms with Gasteiger partial charge in [-0.3, -0.25) is 9.36 Å². The van der Waals surface area contributed by atoms with Crippen LogP contribution in [0.15, 0.2) is 10.9 Å². The smallest absolute Gasteiger partial charge is 0.329 e. The number of fused-ring (bicyclic) bond motifs is 1. The fourth-order valence-corrected chi connectivity index (χ4v) is 3.65. The average molecular weight is 340 g/mol. The zero-order chi connectivity index (χ0) is 16.3. The lowest BCUT2D eigenvalue weighted by Crippen LogP contribution is -2.32. The molecule has 7 heteroatoms. The first-order valence-corrected chi connectivity index (χ1v) is 8.69. The molecule has 0 aliphatic carbocycles. The van der Waals surface area contributed by atoms with E-state index in [0.29, 0.717) is 18.4 Å². The van der Waals surface area contributed by atoms with Crippen LogP contribution in [-0.4, -0.2) is 22.1 Å². The monoisotopic (exact) mass is 340 g/mol. The molecule has 0 aliphatic rings. The molecule has 0 amide bonds. The third kappa shape index (κ3) is 3.15. The molecule has 2 aromatic rings. The Hall–Kier alpha value is -1.47. The van der Waals surface area contributed by atoms with E-state index in [2.05, 4.69) is 4.98 Å². The Kier molecular flexibility index (Phi) is 5.52. The van der Waals surface area contributed by atoms with E-state index in [4.69, 9.17) is 17.0 Å². The van der Waals surface area contributed by atoms with E-state index in [0.717, 1.165) is 22.5 Å². The predicted octanol–water partition coefficient (Wildman–Crippen LogP) is 3.59. The maximum absolute atomic E-state index is 12.7. The number of aromatic nitrogens is 2. The van der Waals surface area contributed by atoms with Crippen LogP contribution in [0.4, 0.5) is 0 Å². The van der Waals surface area contributed by atoms with Crippen molar-refractivity contribution in [3.8, 4) is 0 Å². The van der Waals surface area contributed by atoms with Crippen LogP contribution in [0.1, 0.15) is 44.5 Å². The molecule has 2 rings (SSSR count). The first-order valence-electron chi connectivity index (χ1n) is 7.47. The van der Waals surface area contributed by atoms with Gasteiger partial charge in [-0.25, -0.2) is 4.79 Å². The number of H-pyrrole nitrogens is 1. The van der Waals surface area contributed by atoms with Crippen molar-refractivity contribution < 1.29 is 9.53 Å². The first kappa shape index (κ1) is 16.9. The van der Waals surface area contributed by atoms with Crippen molar-refractivity contribution in [2.24, 2.45) is 0 Å². The second-order valence-electron chi connectivity index (χ2n) is 5.01. The van der Waals surface area contributed by atoms with Gasteiger partial charge in [0.1, 0.15) is 10.9 Å². The Labute approximate surface area is 137 Å². The summed E-state index contributed by atoms with van der Waals surface area (Å²) in [6.45, 7) is 6.15. The molecule has 5 nitrogen and oxygen atoms in total. The minimum Gasteiger partial charge on any atom is -0.464 e. The molecule has 0 bridgehead atoms. The van der Waals surface area contributed by atoms with E-state index < -0.39 is 12.0 Å². The molecule has 0 spiro atoms. The van der Waals surface area contributed by atoms with Gasteiger partial charge in [0.25, 0.3) is 5.56 Å². The second kappa shape index (κ2) is 7.19. The molecular formula is C15H20N2O3S2. The second-order valence-corrected chi connectivity index (χ2v) is 6.53. The van der Waals surface area contributed by atoms with E-state index in [1.165, 1.54) is 15.9 Å². The maximum atomic E-state index is 12.7. The quantitative estimate of drug-likeness (QED) is 0.645. The number of thiophene rings is 1. The summed E-state index contributed by atoms with van der Waals surface area (Å²) in [6.07, 6.45) is 2.05. The van der Waals surface area contributed by atoms with Gasteiger partial charge < -0.3 is 9.72 Å². The number of hydrogen-bond acceptors (Lipinski definition) is 5. The highest BCUT2D eigenvalue weighted by atomic mass is 32.1. The Morgan fingerprint density at radius 1 is 1.45 bits per heavy atom. The Balaban J connectivity index is 2.55. The van der Waals surface area contributed by atoms with Crippen molar-refractivity contribution >= 4 is 39.7 Å². The number of aromatic amines is 1. The number of aryl methyl sites for hydroxylation is 1. The van der Waals surface area contributed by atoms with Crippen LogP contribution >= 0.6 is 23.6 Å². The van der Waals surface area contributed by atoms with E-state index in [1.54, 1.807) is 0 Å². The summed E-state index contributed by atoms with van der Waals surface area (Å²) in [7, 11) is 0. The highest BCUT2D eigenvalue weighted by Crippen LogP contribution is 2.23. The van der Waals surface area contributed by atoms with Gasteiger partial charge in [-0.1, -0.05) is 20.8 Å². The van der Waals surface area contributed by atoms with Gasteiger partial charge in [-0.2, -0.15) is 0 Å². The normalized spacial score (nSPS) is 12.5. The number of carbonyl (C=O) groups excluding carboxylic acids is 1. The molecule has 2 heterocycles. The highest BCUT2D eigenvalue weighted by molar-refractivity contribution is 7.71. The van der Waals surface area contributed by atoms with Crippen LogP contribution in [0.3, 0.4) is 0 Å². The first-order chi connectivity index (χ1) is 10.5. The van der Waals surface area contributed by atoms with Crippen LogP contribution in [0, 0.1) is 4.77 Å². The minimum absolute atomic E-state index is 0.227. The van der Waals surface area contributed by atoms with Crippen LogP contribution in [-0.2, 0) is 16.0 Å². The van der Waals surface area contributed by atoms with Crippen LogP contribution in [0.5, 0.6) is 0 Å². The van der Waals surface area contributed by atoms with Gasteiger partial charge >= 0.3 is 5.97 Å². The van der Waals surface area contributed by atoms with E-state index in [-0.39, 0.29) is 10.3 Å². The Bertz CT molecular complexity index is 788. The SMILES string of the molecule is CCCOC(=O)C(CC)n1c(=S)[nH]c2sc(CC)cc2c1=O. The number of carbonyl (C=O) groups is 1. The molecule has 120 valence electrons. The van der Waals surface area contributed by atoms with Gasteiger partial charge in [0, 0.05) is 4.88 Å².